The average Bonchev–Trinajstić information content (AvgIpc) is 2.39. The Labute approximate surface area is 77.9 Å². The van der Waals surface area contributed by atoms with Crippen molar-refractivity contribution >= 4 is 0 Å². The molecule has 0 aromatic heterocycles. The zero-order chi connectivity index (χ0) is 9.47. The first-order valence-electron chi connectivity index (χ1n) is 4.57. The van der Waals surface area contributed by atoms with E-state index in [0.717, 1.165) is 12.0 Å². The van der Waals surface area contributed by atoms with Crippen LogP contribution >= 0.6 is 0 Å². The fourth-order valence-corrected chi connectivity index (χ4v) is 2.20. The molecule has 1 aromatic carbocycles. The second kappa shape index (κ2) is 2.66. The molecule has 0 bridgehead atoms. The summed E-state index contributed by atoms with van der Waals surface area (Å²) in [5.41, 5.74) is 2.50. The van der Waals surface area contributed by atoms with Crippen LogP contribution in [0.2, 0.25) is 0 Å². The van der Waals surface area contributed by atoms with Crippen LogP contribution in [0.4, 0.5) is 0 Å². The van der Waals surface area contributed by atoms with Crippen LogP contribution in [-0.2, 0) is 5.41 Å². The monoisotopic (exact) mass is 175 g/mol. The first-order valence-corrected chi connectivity index (χ1v) is 4.57. The fraction of sp³-hybridized carbons (Fsp3) is 0.455. The summed E-state index contributed by atoms with van der Waals surface area (Å²) in [7, 11) is 0. The lowest BCUT2D eigenvalue weighted by atomic mass is 9.86. The Hall–Kier alpha value is -1.18. The molecular formula is C11H13NO. The molecule has 2 heteroatoms. The Morgan fingerprint density at radius 3 is 2.77 bits per heavy atom. The maximum absolute atomic E-state index is 10.6. The van der Waals surface area contributed by atoms with Gasteiger partial charge in [0.15, 0.2) is 0 Å². The van der Waals surface area contributed by atoms with Crippen molar-refractivity contribution in [3.05, 3.63) is 40.3 Å². The van der Waals surface area contributed by atoms with Gasteiger partial charge in [0.05, 0.1) is 0 Å². The van der Waals surface area contributed by atoms with E-state index in [9.17, 15) is 4.91 Å². The maximum atomic E-state index is 10.6. The summed E-state index contributed by atoms with van der Waals surface area (Å²) < 4.78 is 0. The van der Waals surface area contributed by atoms with Crippen molar-refractivity contribution in [1.82, 2.24) is 0 Å². The molecule has 0 saturated heterocycles. The molecule has 1 aliphatic carbocycles. The van der Waals surface area contributed by atoms with Crippen LogP contribution in [0.5, 0.6) is 0 Å². The summed E-state index contributed by atoms with van der Waals surface area (Å²) >= 11 is 0. The Bertz CT molecular complexity index is 344. The molecule has 0 fully saturated rings. The molecule has 0 amide bonds. The maximum Gasteiger partial charge on any atom is 0.118 e. The van der Waals surface area contributed by atoms with Gasteiger partial charge in [-0.25, -0.2) is 0 Å². The molecule has 2 rings (SSSR count). The van der Waals surface area contributed by atoms with Crippen molar-refractivity contribution in [3.8, 4) is 0 Å². The molecule has 1 atom stereocenters. The number of nitroso groups, excluding NO2 is 1. The van der Waals surface area contributed by atoms with E-state index in [1.165, 1.54) is 5.56 Å². The first-order chi connectivity index (χ1) is 6.15. The lowest BCUT2D eigenvalue weighted by Gasteiger charge is -2.17. The highest BCUT2D eigenvalue weighted by Crippen LogP contribution is 2.45. The zero-order valence-electron chi connectivity index (χ0n) is 7.95. The highest BCUT2D eigenvalue weighted by molar-refractivity contribution is 5.40. The molecule has 0 N–H and O–H groups in total. The van der Waals surface area contributed by atoms with Gasteiger partial charge in [0.1, 0.15) is 6.04 Å². The minimum Gasteiger partial charge on any atom is -0.150 e. The van der Waals surface area contributed by atoms with Crippen molar-refractivity contribution in [1.29, 1.82) is 0 Å². The quantitative estimate of drug-likeness (QED) is 0.603. The van der Waals surface area contributed by atoms with Crippen molar-refractivity contribution in [3.63, 3.8) is 0 Å². The van der Waals surface area contributed by atoms with Crippen molar-refractivity contribution in [2.24, 2.45) is 5.18 Å². The summed E-state index contributed by atoms with van der Waals surface area (Å²) in [6.07, 6.45) is 0.843. The van der Waals surface area contributed by atoms with E-state index >= 15 is 0 Å². The van der Waals surface area contributed by atoms with Crippen LogP contribution in [0.15, 0.2) is 29.4 Å². The third kappa shape index (κ3) is 1.17. The lowest BCUT2D eigenvalue weighted by molar-refractivity contribution is 0.481. The van der Waals surface area contributed by atoms with Gasteiger partial charge in [-0.3, -0.25) is 0 Å². The molecule has 1 aliphatic rings. The van der Waals surface area contributed by atoms with Crippen LogP contribution in [0, 0.1) is 4.91 Å². The topological polar surface area (TPSA) is 29.4 Å². The smallest absolute Gasteiger partial charge is 0.118 e. The predicted octanol–water partition coefficient (Wildman–Crippen LogP) is 3.18. The molecule has 0 heterocycles. The number of rotatable bonds is 1. The number of fused-ring (bicyclic) bond motifs is 1. The van der Waals surface area contributed by atoms with Gasteiger partial charge in [-0.1, -0.05) is 43.3 Å². The fourth-order valence-electron chi connectivity index (χ4n) is 2.20. The first kappa shape index (κ1) is 8.42. The van der Waals surface area contributed by atoms with Gasteiger partial charge in [0.25, 0.3) is 0 Å². The molecule has 13 heavy (non-hydrogen) atoms. The Balaban J connectivity index is 2.56. The van der Waals surface area contributed by atoms with E-state index in [1.54, 1.807) is 0 Å². The summed E-state index contributed by atoms with van der Waals surface area (Å²) in [5, 5.41) is 3.17. The molecule has 2 nitrogen and oxygen atoms in total. The lowest BCUT2D eigenvalue weighted by Crippen LogP contribution is -2.11. The van der Waals surface area contributed by atoms with Gasteiger partial charge in [-0.15, -0.1) is 0 Å². The Morgan fingerprint density at radius 1 is 1.38 bits per heavy atom. The van der Waals surface area contributed by atoms with Crippen molar-refractivity contribution in [2.75, 3.05) is 0 Å². The van der Waals surface area contributed by atoms with E-state index in [0.29, 0.717) is 0 Å². The second-order valence-corrected chi connectivity index (χ2v) is 4.30. The largest absolute Gasteiger partial charge is 0.150 e. The third-order valence-corrected chi connectivity index (χ3v) is 2.88. The number of hydrogen-bond donors (Lipinski definition) is 0. The highest BCUT2D eigenvalue weighted by Gasteiger charge is 2.36. The Morgan fingerprint density at radius 2 is 2.08 bits per heavy atom. The highest BCUT2D eigenvalue weighted by atomic mass is 16.3. The molecule has 1 unspecified atom stereocenters. The Kier molecular flexibility index (Phi) is 1.72. The molecule has 0 radical (unpaired) electrons. The predicted molar refractivity (Wildman–Crippen MR) is 52.6 cm³/mol. The second-order valence-electron chi connectivity index (χ2n) is 4.30. The van der Waals surface area contributed by atoms with Gasteiger partial charge >= 0.3 is 0 Å². The van der Waals surface area contributed by atoms with Gasteiger partial charge in [-0.2, -0.15) is 4.91 Å². The third-order valence-electron chi connectivity index (χ3n) is 2.88. The molecule has 68 valence electrons. The SMILES string of the molecule is CC1(C)CC(N=O)c2ccccc21. The van der Waals surface area contributed by atoms with Crippen LogP contribution in [0.3, 0.4) is 0 Å². The molecule has 0 saturated carbocycles. The van der Waals surface area contributed by atoms with Gasteiger partial charge in [0, 0.05) is 0 Å². The van der Waals surface area contributed by atoms with Crippen LogP contribution in [-0.4, -0.2) is 0 Å². The van der Waals surface area contributed by atoms with Crippen LogP contribution in [0.1, 0.15) is 37.4 Å². The van der Waals surface area contributed by atoms with Gasteiger partial charge in [-0.05, 0) is 23.0 Å². The number of hydrogen-bond acceptors (Lipinski definition) is 2. The summed E-state index contributed by atoms with van der Waals surface area (Å²) in [6.45, 7) is 4.33. The number of nitrogens with zero attached hydrogens (tertiary/aromatic N) is 1. The average molecular weight is 175 g/mol. The normalized spacial score (nSPS) is 24.0. The van der Waals surface area contributed by atoms with E-state index in [2.05, 4.69) is 25.1 Å². The van der Waals surface area contributed by atoms with Crippen molar-refractivity contribution in [2.45, 2.75) is 31.7 Å². The van der Waals surface area contributed by atoms with E-state index in [1.807, 2.05) is 18.2 Å². The van der Waals surface area contributed by atoms with E-state index in [4.69, 9.17) is 0 Å². The summed E-state index contributed by atoms with van der Waals surface area (Å²) in [6, 6.07) is 7.97. The van der Waals surface area contributed by atoms with E-state index < -0.39 is 0 Å². The van der Waals surface area contributed by atoms with Gasteiger partial charge < -0.3 is 0 Å². The molecule has 1 aromatic rings. The minimum absolute atomic E-state index is 0.106. The standard InChI is InChI=1S/C11H13NO/c1-11(2)7-10(12-13)8-5-3-4-6-9(8)11/h3-6,10H,7H2,1-2H3. The van der Waals surface area contributed by atoms with Crippen LogP contribution in [0.25, 0.3) is 0 Å². The van der Waals surface area contributed by atoms with E-state index in [-0.39, 0.29) is 11.5 Å². The minimum atomic E-state index is -0.133. The zero-order valence-corrected chi connectivity index (χ0v) is 7.95. The molecule has 0 aliphatic heterocycles. The molecule has 0 spiro atoms. The number of benzene rings is 1. The summed E-state index contributed by atoms with van der Waals surface area (Å²) in [4.78, 5) is 10.6. The molecular weight excluding hydrogens is 162 g/mol. The van der Waals surface area contributed by atoms with Gasteiger partial charge in [0.2, 0.25) is 0 Å². The van der Waals surface area contributed by atoms with Crippen LogP contribution < -0.4 is 0 Å². The summed E-state index contributed by atoms with van der Waals surface area (Å²) in [5.74, 6) is 0. The van der Waals surface area contributed by atoms with Crippen molar-refractivity contribution < 1.29 is 0 Å².